The van der Waals surface area contributed by atoms with E-state index in [2.05, 4.69) is 5.32 Å². The van der Waals surface area contributed by atoms with Crippen molar-refractivity contribution in [1.29, 1.82) is 0 Å². The smallest absolute Gasteiger partial charge is 0.326 e. The standard InChI is InChI=1S/C12H15F4NO/c1-7-4-5-9(18-3)8(6-7)10(17-2)12(15,16)11(13)14/h4-6,10-11,17H,1-3H3. The third-order valence-electron chi connectivity index (χ3n) is 2.66. The molecule has 0 aliphatic carbocycles. The fraction of sp³-hybridized carbons (Fsp3) is 0.500. The summed E-state index contributed by atoms with van der Waals surface area (Å²) in [7, 11) is 2.52. The molecule has 0 radical (unpaired) electrons. The van der Waals surface area contributed by atoms with Gasteiger partial charge in [-0.2, -0.15) is 8.78 Å². The molecule has 0 fully saturated rings. The Morgan fingerprint density at radius 2 is 1.89 bits per heavy atom. The molecule has 102 valence electrons. The van der Waals surface area contributed by atoms with E-state index in [1.54, 1.807) is 13.0 Å². The minimum atomic E-state index is -4.17. The first kappa shape index (κ1) is 14.8. The Morgan fingerprint density at radius 1 is 1.28 bits per heavy atom. The first-order chi connectivity index (χ1) is 8.34. The van der Waals surface area contributed by atoms with E-state index < -0.39 is 18.4 Å². The van der Waals surface area contributed by atoms with Crippen LogP contribution in [0.4, 0.5) is 17.6 Å². The van der Waals surface area contributed by atoms with Crippen LogP contribution in [-0.4, -0.2) is 26.5 Å². The first-order valence-electron chi connectivity index (χ1n) is 5.32. The van der Waals surface area contributed by atoms with E-state index in [9.17, 15) is 17.6 Å². The van der Waals surface area contributed by atoms with Crippen molar-refractivity contribution in [2.75, 3.05) is 14.2 Å². The average Bonchev–Trinajstić information content (AvgIpc) is 2.29. The van der Waals surface area contributed by atoms with E-state index in [0.717, 1.165) is 0 Å². The molecule has 2 nitrogen and oxygen atoms in total. The highest BCUT2D eigenvalue weighted by Gasteiger charge is 2.49. The number of ether oxygens (including phenoxy) is 1. The number of aryl methyl sites for hydroxylation is 1. The molecule has 0 amide bonds. The van der Waals surface area contributed by atoms with Crippen LogP contribution in [0.3, 0.4) is 0 Å². The zero-order valence-corrected chi connectivity index (χ0v) is 10.3. The third kappa shape index (κ3) is 2.75. The van der Waals surface area contributed by atoms with Crippen molar-refractivity contribution in [3.8, 4) is 5.75 Å². The molecule has 1 rings (SSSR count). The van der Waals surface area contributed by atoms with E-state index in [4.69, 9.17) is 4.74 Å². The van der Waals surface area contributed by atoms with Crippen molar-refractivity contribution >= 4 is 0 Å². The molecular formula is C12H15F4NO. The number of alkyl halides is 4. The van der Waals surface area contributed by atoms with Crippen molar-refractivity contribution in [2.45, 2.75) is 25.3 Å². The van der Waals surface area contributed by atoms with Gasteiger partial charge in [0, 0.05) is 5.56 Å². The number of hydrogen-bond donors (Lipinski definition) is 1. The van der Waals surface area contributed by atoms with Gasteiger partial charge in [-0.15, -0.1) is 0 Å². The van der Waals surface area contributed by atoms with Crippen LogP contribution in [0.25, 0.3) is 0 Å². The van der Waals surface area contributed by atoms with Crippen molar-refractivity contribution in [3.63, 3.8) is 0 Å². The Balaban J connectivity index is 3.28. The lowest BCUT2D eigenvalue weighted by Crippen LogP contribution is -2.41. The predicted molar refractivity (Wildman–Crippen MR) is 60.5 cm³/mol. The number of methoxy groups -OCH3 is 1. The molecule has 1 atom stereocenters. The number of rotatable bonds is 5. The molecule has 0 heterocycles. The van der Waals surface area contributed by atoms with Crippen LogP contribution in [0.5, 0.6) is 5.75 Å². The second-order valence-electron chi connectivity index (χ2n) is 3.94. The zero-order chi connectivity index (χ0) is 13.9. The van der Waals surface area contributed by atoms with Gasteiger partial charge in [0.05, 0.1) is 7.11 Å². The Kier molecular flexibility index (Phi) is 4.56. The Labute approximate surface area is 103 Å². The largest absolute Gasteiger partial charge is 0.496 e. The fourth-order valence-electron chi connectivity index (χ4n) is 1.76. The van der Waals surface area contributed by atoms with Gasteiger partial charge in [0.15, 0.2) is 0 Å². The predicted octanol–water partition coefficient (Wildman–Crippen LogP) is 3.16. The third-order valence-corrected chi connectivity index (χ3v) is 2.66. The molecular weight excluding hydrogens is 250 g/mol. The van der Waals surface area contributed by atoms with Crippen LogP contribution in [0, 0.1) is 6.92 Å². The summed E-state index contributed by atoms with van der Waals surface area (Å²) in [6.45, 7) is 1.69. The van der Waals surface area contributed by atoms with Gasteiger partial charge in [0.2, 0.25) is 0 Å². The number of nitrogens with one attached hydrogen (secondary N) is 1. The monoisotopic (exact) mass is 265 g/mol. The maximum absolute atomic E-state index is 13.5. The summed E-state index contributed by atoms with van der Waals surface area (Å²) in [5, 5.41) is 2.23. The second-order valence-corrected chi connectivity index (χ2v) is 3.94. The van der Waals surface area contributed by atoms with E-state index >= 15 is 0 Å². The number of benzene rings is 1. The van der Waals surface area contributed by atoms with Crippen molar-refractivity contribution < 1.29 is 22.3 Å². The summed E-state index contributed by atoms with van der Waals surface area (Å²) in [5.41, 5.74) is 0.710. The molecule has 0 saturated heterocycles. The van der Waals surface area contributed by atoms with Crippen LogP contribution >= 0.6 is 0 Å². The quantitative estimate of drug-likeness (QED) is 0.826. The molecule has 0 bridgehead atoms. The summed E-state index contributed by atoms with van der Waals surface area (Å²) in [6, 6.07) is 2.76. The molecule has 0 aliphatic rings. The first-order valence-corrected chi connectivity index (χ1v) is 5.32. The highest BCUT2D eigenvalue weighted by Crippen LogP contribution is 2.40. The van der Waals surface area contributed by atoms with E-state index in [1.807, 2.05) is 0 Å². The summed E-state index contributed by atoms with van der Waals surface area (Å²) >= 11 is 0. The van der Waals surface area contributed by atoms with Crippen molar-refractivity contribution in [1.82, 2.24) is 5.32 Å². The zero-order valence-electron chi connectivity index (χ0n) is 10.3. The Morgan fingerprint density at radius 3 is 2.33 bits per heavy atom. The van der Waals surface area contributed by atoms with Crippen LogP contribution < -0.4 is 10.1 Å². The fourth-order valence-corrected chi connectivity index (χ4v) is 1.76. The lowest BCUT2D eigenvalue weighted by Gasteiger charge is -2.27. The topological polar surface area (TPSA) is 21.3 Å². The van der Waals surface area contributed by atoms with Crippen LogP contribution in [0.15, 0.2) is 18.2 Å². The van der Waals surface area contributed by atoms with Crippen molar-refractivity contribution in [3.05, 3.63) is 29.3 Å². The summed E-state index contributed by atoms with van der Waals surface area (Å²) < 4.78 is 56.8. The van der Waals surface area contributed by atoms with E-state index in [0.29, 0.717) is 5.56 Å². The highest BCUT2D eigenvalue weighted by molar-refractivity contribution is 5.40. The number of halogens is 4. The van der Waals surface area contributed by atoms with Gasteiger partial charge in [-0.1, -0.05) is 17.7 Å². The second kappa shape index (κ2) is 5.56. The van der Waals surface area contributed by atoms with Crippen LogP contribution in [0.1, 0.15) is 17.2 Å². The van der Waals surface area contributed by atoms with Gasteiger partial charge in [-0.3, -0.25) is 0 Å². The SMILES string of the molecule is CNC(c1cc(C)ccc1OC)C(F)(F)C(F)F. The molecule has 18 heavy (non-hydrogen) atoms. The molecule has 1 aromatic carbocycles. The van der Waals surface area contributed by atoms with Gasteiger partial charge in [0.1, 0.15) is 11.8 Å². The molecule has 0 aromatic heterocycles. The molecule has 0 spiro atoms. The molecule has 1 unspecified atom stereocenters. The normalized spacial score (nSPS) is 13.8. The highest BCUT2D eigenvalue weighted by atomic mass is 19.3. The van der Waals surface area contributed by atoms with Gasteiger partial charge in [-0.05, 0) is 20.0 Å². The molecule has 6 heteroatoms. The van der Waals surface area contributed by atoms with Gasteiger partial charge in [-0.25, -0.2) is 8.78 Å². The Hall–Kier alpha value is -1.30. The molecule has 0 aliphatic heterocycles. The maximum atomic E-state index is 13.5. The molecule has 1 aromatic rings. The summed E-state index contributed by atoms with van der Waals surface area (Å²) in [5.74, 6) is -4.02. The lowest BCUT2D eigenvalue weighted by molar-refractivity contribution is -0.150. The Bertz CT molecular complexity index is 409. The number of hydrogen-bond acceptors (Lipinski definition) is 2. The average molecular weight is 265 g/mol. The van der Waals surface area contributed by atoms with E-state index in [-0.39, 0.29) is 11.3 Å². The summed E-state index contributed by atoms with van der Waals surface area (Å²) in [6.07, 6.45) is -3.75. The van der Waals surface area contributed by atoms with Crippen LogP contribution in [0.2, 0.25) is 0 Å². The summed E-state index contributed by atoms with van der Waals surface area (Å²) in [4.78, 5) is 0. The van der Waals surface area contributed by atoms with E-state index in [1.165, 1.54) is 26.3 Å². The van der Waals surface area contributed by atoms with Gasteiger partial charge >= 0.3 is 12.3 Å². The van der Waals surface area contributed by atoms with Gasteiger partial charge in [0.25, 0.3) is 0 Å². The molecule has 0 saturated carbocycles. The maximum Gasteiger partial charge on any atom is 0.326 e. The van der Waals surface area contributed by atoms with Crippen molar-refractivity contribution in [2.24, 2.45) is 0 Å². The lowest BCUT2D eigenvalue weighted by atomic mass is 9.98. The molecule has 1 N–H and O–H groups in total. The van der Waals surface area contributed by atoms with Crippen LogP contribution in [-0.2, 0) is 0 Å². The minimum Gasteiger partial charge on any atom is -0.496 e. The van der Waals surface area contributed by atoms with Gasteiger partial charge < -0.3 is 10.1 Å². The minimum absolute atomic E-state index is 0.0188.